The van der Waals surface area contributed by atoms with Crippen LogP contribution in [0.25, 0.3) is 0 Å². The Hall–Kier alpha value is -0.780. The first kappa shape index (κ1) is 14.3. The van der Waals surface area contributed by atoms with Crippen LogP contribution < -0.4 is 5.73 Å². The third kappa shape index (κ3) is 4.93. The minimum absolute atomic E-state index is 0.168. The summed E-state index contributed by atoms with van der Waals surface area (Å²) in [6, 6.07) is 0. The van der Waals surface area contributed by atoms with E-state index in [0.717, 1.165) is 25.7 Å². The number of nitrogens with zero attached hydrogens (tertiary/aromatic N) is 1. The first-order chi connectivity index (χ1) is 7.91. The number of hydrogen-bond acceptors (Lipinski definition) is 2. The SMILES string of the molecule is N=C(N)C(CN1CCCCCCC1)C(F)(F)F. The molecular formula is C11H20F3N3. The van der Waals surface area contributed by atoms with Gasteiger partial charge in [-0.3, -0.25) is 5.41 Å². The van der Waals surface area contributed by atoms with Gasteiger partial charge in [0.1, 0.15) is 11.8 Å². The molecule has 3 N–H and O–H groups in total. The molecule has 100 valence electrons. The summed E-state index contributed by atoms with van der Waals surface area (Å²) in [6.07, 6.45) is 0.781. The zero-order chi connectivity index (χ0) is 12.9. The van der Waals surface area contributed by atoms with Crippen molar-refractivity contribution in [2.75, 3.05) is 19.6 Å². The molecule has 1 saturated heterocycles. The molecule has 0 amide bonds. The molecule has 17 heavy (non-hydrogen) atoms. The fraction of sp³-hybridized carbons (Fsp3) is 0.909. The third-order valence-corrected chi connectivity index (χ3v) is 3.16. The molecule has 0 saturated carbocycles. The Bertz CT molecular complexity index is 245. The second kappa shape index (κ2) is 6.23. The van der Waals surface area contributed by atoms with E-state index < -0.39 is 17.9 Å². The molecule has 1 atom stereocenters. The Morgan fingerprint density at radius 2 is 1.59 bits per heavy atom. The Labute approximate surface area is 99.7 Å². The van der Waals surface area contributed by atoms with Crippen LogP contribution in [0.5, 0.6) is 0 Å². The van der Waals surface area contributed by atoms with Crippen LogP contribution in [0.1, 0.15) is 32.1 Å². The number of halogens is 3. The number of alkyl halides is 3. The van der Waals surface area contributed by atoms with Gasteiger partial charge < -0.3 is 10.6 Å². The van der Waals surface area contributed by atoms with E-state index in [0.29, 0.717) is 13.1 Å². The second-order valence-electron chi connectivity index (χ2n) is 4.62. The van der Waals surface area contributed by atoms with Gasteiger partial charge in [0.15, 0.2) is 0 Å². The molecule has 3 nitrogen and oxygen atoms in total. The lowest BCUT2D eigenvalue weighted by Gasteiger charge is -2.29. The lowest BCUT2D eigenvalue weighted by Crippen LogP contribution is -2.44. The van der Waals surface area contributed by atoms with Crippen molar-refractivity contribution in [2.24, 2.45) is 11.7 Å². The molecule has 6 heteroatoms. The van der Waals surface area contributed by atoms with Crippen molar-refractivity contribution in [3.8, 4) is 0 Å². The molecule has 0 spiro atoms. The van der Waals surface area contributed by atoms with Crippen LogP contribution in [-0.4, -0.2) is 36.5 Å². The Balaban J connectivity index is 2.55. The maximum atomic E-state index is 12.7. The van der Waals surface area contributed by atoms with E-state index in [1.165, 1.54) is 6.42 Å². The molecule has 0 aromatic heterocycles. The molecule has 0 aromatic rings. The van der Waals surface area contributed by atoms with E-state index in [1.54, 1.807) is 4.90 Å². The summed E-state index contributed by atoms with van der Waals surface area (Å²) in [5, 5.41) is 7.05. The van der Waals surface area contributed by atoms with Gasteiger partial charge in [-0.1, -0.05) is 19.3 Å². The van der Waals surface area contributed by atoms with Crippen LogP contribution >= 0.6 is 0 Å². The van der Waals surface area contributed by atoms with Gasteiger partial charge in [-0.15, -0.1) is 0 Å². The maximum Gasteiger partial charge on any atom is 0.399 e. The lowest BCUT2D eigenvalue weighted by molar-refractivity contribution is -0.160. The van der Waals surface area contributed by atoms with Crippen molar-refractivity contribution >= 4 is 5.84 Å². The van der Waals surface area contributed by atoms with E-state index in [1.807, 2.05) is 0 Å². The summed E-state index contributed by atoms with van der Waals surface area (Å²) >= 11 is 0. The Morgan fingerprint density at radius 3 is 2.00 bits per heavy atom. The van der Waals surface area contributed by atoms with Crippen LogP contribution in [-0.2, 0) is 0 Å². The van der Waals surface area contributed by atoms with Crippen molar-refractivity contribution in [1.82, 2.24) is 4.90 Å². The van der Waals surface area contributed by atoms with E-state index in [2.05, 4.69) is 0 Å². The maximum absolute atomic E-state index is 12.7. The van der Waals surface area contributed by atoms with Gasteiger partial charge in [0.2, 0.25) is 0 Å². The summed E-state index contributed by atoms with van der Waals surface area (Å²) in [5.74, 6) is -2.60. The topological polar surface area (TPSA) is 53.1 Å². The standard InChI is InChI=1S/C11H20F3N3/c12-11(13,14)9(10(15)16)8-17-6-4-2-1-3-5-7-17/h9H,1-8H2,(H3,15,16). The molecule has 1 rings (SSSR count). The van der Waals surface area contributed by atoms with Crippen molar-refractivity contribution in [3.05, 3.63) is 0 Å². The first-order valence-corrected chi connectivity index (χ1v) is 6.04. The van der Waals surface area contributed by atoms with Gasteiger partial charge in [-0.25, -0.2) is 0 Å². The molecule has 0 radical (unpaired) electrons. The summed E-state index contributed by atoms with van der Waals surface area (Å²) < 4.78 is 38.0. The molecule has 1 aliphatic heterocycles. The van der Waals surface area contributed by atoms with Gasteiger partial charge in [0, 0.05) is 6.54 Å². The molecule has 1 unspecified atom stereocenters. The zero-order valence-corrected chi connectivity index (χ0v) is 9.89. The molecule has 0 aliphatic carbocycles. The van der Waals surface area contributed by atoms with Crippen LogP contribution in [0, 0.1) is 11.3 Å². The van der Waals surface area contributed by atoms with Gasteiger partial charge in [0.25, 0.3) is 0 Å². The predicted molar refractivity (Wildman–Crippen MR) is 61.0 cm³/mol. The minimum Gasteiger partial charge on any atom is -0.387 e. The number of nitrogens with two attached hydrogens (primary N) is 1. The summed E-state index contributed by atoms with van der Waals surface area (Å²) in [7, 11) is 0. The van der Waals surface area contributed by atoms with Gasteiger partial charge in [-0.05, 0) is 25.9 Å². The average molecular weight is 251 g/mol. The normalized spacial score (nSPS) is 21.6. The number of likely N-dealkylation sites (tertiary alicyclic amines) is 1. The van der Waals surface area contributed by atoms with Gasteiger partial charge >= 0.3 is 6.18 Å². The van der Waals surface area contributed by atoms with Crippen molar-refractivity contribution < 1.29 is 13.2 Å². The molecule has 1 aliphatic rings. The highest BCUT2D eigenvalue weighted by Crippen LogP contribution is 2.27. The van der Waals surface area contributed by atoms with E-state index in [4.69, 9.17) is 11.1 Å². The molecule has 1 heterocycles. The fourth-order valence-electron chi connectivity index (χ4n) is 2.13. The summed E-state index contributed by atoms with van der Waals surface area (Å²) in [4.78, 5) is 1.79. The fourth-order valence-corrected chi connectivity index (χ4v) is 2.13. The predicted octanol–water partition coefficient (Wildman–Crippen LogP) is 2.37. The van der Waals surface area contributed by atoms with Crippen LogP contribution in [0.3, 0.4) is 0 Å². The highest BCUT2D eigenvalue weighted by atomic mass is 19.4. The van der Waals surface area contributed by atoms with E-state index in [-0.39, 0.29) is 6.54 Å². The van der Waals surface area contributed by atoms with Crippen molar-refractivity contribution in [2.45, 2.75) is 38.3 Å². The van der Waals surface area contributed by atoms with Crippen molar-refractivity contribution in [3.63, 3.8) is 0 Å². The average Bonchev–Trinajstić information content (AvgIpc) is 2.13. The zero-order valence-electron chi connectivity index (χ0n) is 9.89. The highest BCUT2D eigenvalue weighted by Gasteiger charge is 2.42. The van der Waals surface area contributed by atoms with Gasteiger partial charge in [0.05, 0.1) is 0 Å². The van der Waals surface area contributed by atoms with Crippen LogP contribution in [0.15, 0.2) is 0 Å². The summed E-state index contributed by atoms with van der Waals surface area (Å²) in [6.45, 7) is 1.19. The molecule has 1 fully saturated rings. The smallest absolute Gasteiger partial charge is 0.387 e. The van der Waals surface area contributed by atoms with Crippen molar-refractivity contribution in [1.29, 1.82) is 5.41 Å². The lowest BCUT2D eigenvalue weighted by atomic mass is 10.0. The van der Waals surface area contributed by atoms with Crippen LogP contribution in [0.4, 0.5) is 13.2 Å². The number of amidine groups is 1. The Morgan fingerprint density at radius 1 is 1.12 bits per heavy atom. The monoisotopic (exact) mass is 251 g/mol. The molecule has 0 aromatic carbocycles. The quantitative estimate of drug-likeness (QED) is 0.597. The van der Waals surface area contributed by atoms with Gasteiger partial charge in [-0.2, -0.15) is 13.2 Å². The van der Waals surface area contributed by atoms with E-state index >= 15 is 0 Å². The first-order valence-electron chi connectivity index (χ1n) is 6.04. The van der Waals surface area contributed by atoms with Crippen LogP contribution in [0.2, 0.25) is 0 Å². The number of nitrogens with one attached hydrogen (secondary N) is 1. The summed E-state index contributed by atoms with van der Waals surface area (Å²) in [5.41, 5.74) is 5.05. The second-order valence-corrected chi connectivity index (χ2v) is 4.62. The molecule has 0 bridgehead atoms. The largest absolute Gasteiger partial charge is 0.399 e. The minimum atomic E-state index is -4.41. The van der Waals surface area contributed by atoms with E-state index in [9.17, 15) is 13.2 Å². The Kier molecular flexibility index (Phi) is 5.24. The molecular weight excluding hydrogens is 231 g/mol. The highest BCUT2D eigenvalue weighted by molar-refractivity contribution is 5.80. The third-order valence-electron chi connectivity index (χ3n) is 3.16. The number of rotatable bonds is 3. The number of hydrogen-bond donors (Lipinski definition) is 2.